The molecule has 0 spiro atoms. The molecule has 0 aliphatic carbocycles. The van der Waals surface area contributed by atoms with E-state index in [2.05, 4.69) is 48.3 Å². The van der Waals surface area contributed by atoms with Gasteiger partial charge in [0.2, 0.25) is 0 Å². The lowest BCUT2D eigenvalue weighted by molar-refractivity contribution is 1.27. The molecule has 0 saturated carbocycles. The highest BCUT2D eigenvalue weighted by molar-refractivity contribution is 7.22. The highest BCUT2D eigenvalue weighted by Crippen LogP contribution is 2.34. The van der Waals surface area contributed by atoms with E-state index < -0.39 is 0 Å². The van der Waals surface area contributed by atoms with Crippen molar-refractivity contribution < 1.29 is 0 Å². The molecule has 0 aliphatic rings. The Bertz CT molecular complexity index is 607. The summed E-state index contributed by atoms with van der Waals surface area (Å²) < 4.78 is 1.34. The van der Waals surface area contributed by atoms with Crippen molar-refractivity contribution in [3.63, 3.8) is 0 Å². The van der Waals surface area contributed by atoms with Crippen LogP contribution in [0.25, 0.3) is 20.5 Å². The SMILES string of the molecule is Cc1cnccc1-c1cc2ccccc2s1. The Balaban J connectivity index is 2.23. The first-order valence-electron chi connectivity index (χ1n) is 5.24. The van der Waals surface area contributed by atoms with Gasteiger partial charge in [-0.05, 0) is 41.6 Å². The number of thiophene rings is 1. The fourth-order valence-corrected chi connectivity index (χ4v) is 3.02. The fraction of sp³-hybridized carbons (Fsp3) is 0.0714. The van der Waals surface area contributed by atoms with Crippen LogP contribution in [-0.2, 0) is 0 Å². The van der Waals surface area contributed by atoms with E-state index in [0.29, 0.717) is 0 Å². The molecule has 0 unspecified atom stereocenters. The molecule has 3 aromatic rings. The summed E-state index contributed by atoms with van der Waals surface area (Å²) in [5.41, 5.74) is 2.52. The zero-order chi connectivity index (χ0) is 11.0. The molecular formula is C14H11NS. The van der Waals surface area contributed by atoms with Crippen molar-refractivity contribution in [1.29, 1.82) is 0 Å². The molecule has 0 saturated heterocycles. The number of benzene rings is 1. The molecular weight excluding hydrogens is 214 g/mol. The maximum Gasteiger partial charge on any atom is 0.0359 e. The number of aromatic nitrogens is 1. The first-order valence-corrected chi connectivity index (χ1v) is 6.06. The molecule has 1 aromatic carbocycles. The van der Waals surface area contributed by atoms with E-state index in [1.807, 2.05) is 23.7 Å². The van der Waals surface area contributed by atoms with E-state index in [9.17, 15) is 0 Å². The van der Waals surface area contributed by atoms with E-state index in [0.717, 1.165) is 0 Å². The van der Waals surface area contributed by atoms with Crippen LogP contribution < -0.4 is 0 Å². The highest BCUT2D eigenvalue weighted by Gasteiger charge is 2.05. The first kappa shape index (κ1) is 9.55. The minimum absolute atomic E-state index is 1.23. The number of hydrogen-bond acceptors (Lipinski definition) is 2. The molecule has 1 nitrogen and oxygen atoms in total. The summed E-state index contributed by atoms with van der Waals surface area (Å²) >= 11 is 1.84. The van der Waals surface area contributed by atoms with Crippen molar-refractivity contribution in [3.8, 4) is 10.4 Å². The number of rotatable bonds is 1. The van der Waals surface area contributed by atoms with Crippen LogP contribution >= 0.6 is 11.3 Å². The molecule has 78 valence electrons. The Morgan fingerprint density at radius 2 is 2.00 bits per heavy atom. The van der Waals surface area contributed by atoms with Crippen LogP contribution in [0.3, 0.4) is 0 Å². The zero-order valence-electron chi connectivity index (χ0n) is 8.97. The number of fused-ring (bicyclic) bond motifs is 1. The van der Waals surface area contributed by atoms with Crippen LogP contribution in [0.15, 0.2) is 48.8 Å². The normalized spacial score (nSPS) is 10.8. The van der Waals surface area contributed by atoms with Crippen molar-refractivity contribution in [2.45, 2.75) is 6.92 Å². The van der Waals surface area contributed by atoms with E-state index in [4.69, 9.17) is 0 Å². The minimum atomic E-state index is 1.23. The van der Waals surface area contributed by atoms with Crippen LogP contribution in [0.5, 0.6) is 0 Å². The van der Waals surface area contributed by atoms with Gasteiger partial charge >= 0.3 is 0 Å². The first-order chi connectivity index (χ1) is 7.84. The molecule has 0 atom stereocenters. The van der Waals surface area contributed by atoms with Gasteiger partial charge in [-0.25, -0.2) is 0 Å². The highest BCUT2D eigenvalue weighted by atomic mass is 32.1. The maximum atomic E-state index is 4.13. The summed E-state index contributed by atoms with van der Waals surface area (Å²) in [5.74, 6) is 0. The van der Waals surface area contributed by atoms with Gasteiger partial charge in [-0.3, -0.25) is 4.98 Å². The van der Waals surface area contributed by atoms with E-state index in [1.54, 1.807) is 0 Å². The lowest BCUT2D eigenvalue weighted by Crippen LogP contribution is -1.80. The van der Waals surface area contributed by atoms with Gasteiger partial charge in [0.15, 0.2) is 0 Å². The molecule has 0 aliphatic heterocycles. The van der Waals surface area contributed by atoms with Crippen LogP contribution in [0, 0.1) is 6.92 Å². The predicted molar refractivity (Wildman–Crippen MR) is 69.8 cm³/mol. The van der Waals surface area contributed by atoms with Gasteiger partial charge in [-0.1, -0.05) is 18.2 Å². The molecule has 0 amide bonds. The molecule has 0 radical (unpaired) electrons. The third kappa shape index (κ3) is 1.51. The summed E-state index contributed by atoms with van der Waals surface area (Å²) in [7, 11) is 0. The predicted octanol–water partition coefficient (Wildman–Crippen LogP) is 4.27. The zero-order valence-corrected chi connectivity index (χ0v) is 9.79. The third-order valence-electron chi connectivity index (χ3n) is 2.71. The third-order valence-corrected chi connectivity index (χ3v) is 3.86. The second-order valence-corrected chi connectivity index (χ2v) is 4.92. The molecule has 2 heteroatoms. The van der Waals surface area contributed by atoms with Gasteiger partial charge in [0.1, 0.15) is 0 Å². The van der Waals surface area contributed by atoms with Crippen molar-refractivity contribution in [2.75, 3.05) is 0 Å². The Kier molecular flexibility index (Phi) is 2.22. The van der Waals surface area contributed by atoms with Crippen molar-refractivity contribution in [1.82, 2.24) is 4.98 Å². The summed E-state index contributed by atoms with van der Waals surface area (Å²) in [6.45, 7) is 2.10. The van der Waals surface area contributed by atoms with Gasteiger partial charge in [0.25, 0.3) is 0 Å². The van der Waals surface area contributed by atoms with Crippen molar-refractivity contribution in [3.05, 3.63) is 54.4 Å². The van der Waals surface area contributed by atoms with Gasteiger partial charge in [0.05, 0.1) is 0 Å². The summed E-state index contributed by atoms with van der Waals surface area (Å²) in [6, 6.07) is 12.8. The molecule has 2 aromatic heterocycles. The van der Waals surface area contributed by atoms with Gasteiger partial charge in [-0.2, -0.15) is 0 Å². The number of pyridine rings is 1. The van der Waals surface area contributed by atoms with E-state index >= 15 is 0 Å². The lowest BCUT2D eigenvalue weighted by Gasteiger charge is -2.00. The van der Waals surface area contributed by atoms with E-state index in [-0.39, 0.29) is 0 Å². The lowest BCUT2D eigenvalue weighted by atomic mass is 10.1. The average Bonchev–Trinajstić information content (AvgIpc) is 2.73. The Hall–Kier alpha value is -1.67. The minimum Gasteiger partial charge on any atom is -0.264 e. The second-order valence-electron chi connectivity index (χ2n) is 3.84. The fourth-order valence-electron chi connectivity index (χ4n) is 1.86. The standard InChI is InChI=1S/C14H11NS/c1-10-9-15-7-6-12(10)14-8-11-4-2-3-5-13(11)16-14/h2-9H,1H3. The summed E-state index contributed by atoms with van der Waals surface area (Å²) in [4.78, 5) is 5.45. The molecule has 0 bridgehead atoms. The van der Waals surface area contributed by atoms with Crippen LogP contribution in [0.2, 0.25) is 0 Å². The quantitative estimate of drug-likeness (QED) is 0.602. The number of aryl methyl sites for hydroxylation is 1. The van der Waals surface area contributed by atoms with Crippen molar-refractivity contribution in [2.24, 2.45) is 0 Å². The average molecular weight is 225 g/mol. The van der Waals surface area contributed by atoms with Crippen LogP contribution in [0.4, 0.5) is 0 Å². The number of hydrogen-bond donors (Lipinski definition) is 0. The molecule has 16 heavy (non-hydrogen) atoms. The number of nitrogens with zero attached hydrogens (tertiary/aromatic N) is 1. The Morgan fingerprint density at radius 1 is 1.12 bits per heavy atom. The molecule has 0 fully saturated rings. The van der Waals surface area contributed by atoms with Crippen LogP contribution in [0.1, 0.15) is 5.56 Å². The molecule has 0 N–H and O–H groups in total. The van der Waals surface area contributed by atoms with Gasteiger partial charge in [0, 0.05) is 22.0 Å². The second kappa shape index (κ2) is 3.72. The monoisotopic (exact) mass is 225 g/mol. The Labute approximate surface area is 98.4 Å². The largest absolute Gasteiger partial charge is 0.264 e. The summed E-state index contributed by atoms with van der Waals surface area (Å²) in [6.07, 6.45) is 3.77. The summed E-state index contributed by atoms with van der Waals surface area (Å²) in [5, 5.41) is 1.32. The van der Waals surface area contributed by atoms with Crippen molar-refractivity contribution >= 4 is 21.4 Å². The smallest absolute Gasteiger partial charge is 0.0359 e. The Morgan fingerprint density at radius 3 is 2.81 bits per heavy atom. The van der Waals surface area contributed by atoms with E-state index in [1.165, 1.54) is 26.1 Å². The van der Waals surface area contributed by atoms with Crippen LogP contribution in [-0.4, -0.2) is 4.98 Å². The molecule has 2 heterocycles. The molecule has 3 rings (SSSR count). The topological polar surface area (TPSA) is 12.9 Å². The van der Waals surface area contributed by atoms with Gasteiger partial charge in [-0.15, -0.1) is 11.3 Å². The maximum absolute atomic E-state index is 4.13. The van der Waals surface area contributed by atoms with Gasteiger partial charge < -0.3 is 0 Å².